The molecule has 0 saturated carbocycles. The molecule has 1 N–H and O–H groups in total. The molecule has 4 heteroatoms. The normalized spacial score (nSPS) is 12.8. The maximum atomic E-state index is 6.16. The van der Waals surface area contributed by atoms with Gasteiger partial charge in [-0.15, -0.1) is 0 Å². The van der Waals surface area contributed by atoms with E-state index >= 15 is 0 Å². The van der Waals surface area contributed by atoms with Crippen molar-refractivity contribution < 1.29 is 4.74 Å². The highest BCUT2D eigenvalue weighted by Crippen LogP contribution is 2.30. The number of nitrogens with one attached hydrogen (secondary N) is 1. The minimum atomic E-state index is 0.0474. The fraction of sp³-hybridized carbons (Fsp3) is 0.500. The predicted octanol–water partition coefficient (Wildman–Crippen LogP) is 3.68. The Balaban J connectivity index is 2.90. The molecule has 0 aliphatic rings. The zero-order valence-corrected chi connectivity index (χ0v) is 11.1. The first-order chi connectivity index (χ1) is 7.70. The average molecular weight is 262 g/mol. The lowest BCUT2D eigenvalue weighted by atomic mass is 10.1. The molecule has 0 amide bonds. The van der Waals surface area contributed by atoms with Crippen LogP contribution in [0, 0.1) is 0 Å². The summed E-state index contributed by atoms with van der Waals surface area (Å²) in [5.41, 5.74) is 0.918. The SMILES string of the molecule is CCCNC(COC)c1c(Cl)cccc1Cl. The summed E-state index contributed by atoms with van der Waals surface area (Å²) in [5.74, 6) is 0. The molecule has 0 spiro atoms. The number of hydrogen-bond donors (Lipinski definition) is 1. The smallest absolute Gasteiger partial charge is 0.0658 e. The molecule has 0 aliphatic carbocycles. The summed E-state index contributed by atoms with van der Waals surface area (Å²) in [4.78, 5) is 0. The van der Waals surface area contributed by atoms with Gasteiger partial charge < -0.3 is 10.1 Å². The number of hydrogen-bond acceptors (Lipinski definition) is 2. The van der Waals surface area contributed by atoms with Crippen LogP contribution in [-0.4, -0.2) is 20.3 Å². The van der Waals surface area contributed by atoms with Gasteiger partial charge in [-0.2, -0.15) is 0 Å². The lowest BCUT2D eigenvalue weighted by Crippen LogP contribution is -2.26. The third-order valence-electron chi connectivity index (χ3n) is 2.32. The van der Waals surface area contributed by atoms with Crippen LogP contribution in [0.15, 0.2) is 18.2 Å². The molecule has 1 atom stereocenters. The van der Waals surface area contributed by atoms with Gasteiger partial charge in [0.25, 0.3) is 0 Å². The molecule has 16 heavy (non-hydrogen) atoms. The van der Waals surface area contributed by atoms with Crippen molar-refractivity contribution in [1.82, 2.24) is 5.32 Å². The average Bonchev–Trinajstić information content (AvgIpc) is 2.25. The van der Waals surface area contributed by atoms with E-state index in [-0.39, 0.29) is 6.04 Å². The van der Waals surface area contributed by atoms with Gasteiger partial charge in [0.1, 0.15) is 0 Å². The van der Waals surface area contributed by atoms with Crippen molar-refractivity contribution in [3.8, 4) is 0 Å². The molecule has 0 aliphatic heterocycles. The van der Waals surface area contributed by atoms with Crippen LogP contribution in [0.3, 0.4) is 0 Å². The first kappa shape index (κ1) is 13.8. The second kappa shape index (κ2) is 7.13. The van der Waals surface area contributed by atoms with Crippen molar-refractivity contribution in [2.45, 2.75) is 19.4 Å². The number of benzene rings is 1. The molecule has 0 aromatic heterocycles. The van der Waals surface area contributed by atoms with E-state index in [4.69, 9.17) is 27.9 Å². The van der Waals surface area contributed by atoms with E-state index < -0.39 is 0 Å². The second-order valence-corrected chi connectivity index (χ2v) is 4.41. The lowest BCUT2D eigenvalue weighted by Gasteiger charge is -2.20. The van der Waals surface area contributed by atoms with Crippen molar-refractivity contribution >= 4 is 23.2 Å². The van der Waals surface area contributed by atoms with E-state index in [0.717, 1.165) is 18.5 Å². The standard InChI is InChI=1S/C12H17Cl2NO/c1-3-7-15-11(8-16-2)12-9(13)5-4-6-10(12)14/h4-6,11,15H,3,7-8H2,1-2H3. The van der Waals surface area contributed by atoms with E-state index in [9.17, 15) is 0 Å². The Labute approximate surface area is 107 Å². The quantitative estimate of drug-likeness (QED) is 0.844. The van der Waals surface area contributed by atoms with Crippen LogP contribution in [0.2, 0.25) is 10.0 Å². The van der Waals surface area contributed by atoms with Crippen LogP contribution in [0.1, 0.15) is 24.9 Å². The van der Waals surface area contributed by atoms with Crippen LogP contribution < -0.4 is 5.32 Å². The predicted molar refractivity (Wildman–Crippen MR) is 69.4 cm³/mol. The maximum Gasteiger partial charge on any atom is 0.0658 e. The second-order valence-electron chi connectivity index (χ2n) is 3.60. The number of ether oxygens (including phenoxy) is 1. The molecule has 90 valence electrons. The van der Waals surface area contributed by atoms with Gasteiger partial charge in [-0.25, -0.2) is 0 Å². The summed E-state index contributed by atoms with van der Waals surface area (Å²) in [6.07, 6.45) is 1.06. The fourth-order valence-electron chi connectivity index (χ4n) is 1.57. The van der Waals surface area contributed by atoms with Crippen LogP contribution in [0.5, 0.6) is 0 Å². The third-order valence-corrected chi connectivity index (χ3v) is 2.98. The van der Waals surface area contributed by atoms with E-state index in [1.807, 2.05) is 18.2 Å². The van der Waals surface area contributed by atoms with Crippen LogP contribution in [-0.2, 0) is 4.74 Å². The van der Waals surface area contributed by atoms with Gasteiger partial charge in [0, 0.05) is 22.7 Å². The molecule has 0 bridgehead atoms. The highest BCUT2D eigenvalue weighted by molar-refractivity contribution is 6.36. The van der Waals surface area contributed by atoms with Crippen molar-refractivity contribution in [1.29, 1.82) is 0 Å². The van der Waals surface area contributed by atoms with E-state index in [1.54, 1.807) is 7.11 Å². The molecule has 1 unspecified atom stereocenters. The Kier molecular flexibility index (Phi) is 6.14. The molecule has 2 nitrogen and oxygen atoms in total. The molecule has 1 aromatic carbocycles. The summed E-state index contributed by atoms with van der Waals surface area (Å²) in [6, 6.07) is 5.59. The maximum absolute atomic E-state index is 6.16. The zero-order valence-electron chi connectivity index (χ0n) is 9.59. The monoisotopic (exact) mass is 261 g/mol. The van der Waals surface area contributed by atoms with Gasteiger partial charge in [0.15, 0.2) is 0 Å². The van der Waals surface area contributed by atoms with Gasteiger partial charge in [0.2, 0.25) is 0 Å². The number of rotatable bonds is 6. The third kappa shape index (κ3) is 3.63. The molecule has 0 fully saturated rings. The minimum Gasteiger partial charge on any atom is -0.383 e. The molecule has 0 heterocycles. The molecule has 1 aromatic rings. The summed E-state index contributed by atoms with van der Waals surface area (Å²) in [5, 5.41) is 4.73. The Morgan fingerprint density at radius 3 is 2.44 bits per heavy atom. The lowest BCUT2D eigenvalue weighted by molar-refractivity contribution is 0.167. The summed E-state index contributed by atoms with van der Waals surface area (Å²) in [6.45, 7) is 3.59. The first-order valence-corrected chi connectivity index (χ1v) is 6.12. The highest BCUT2D eigenvalue weighted by Gasteiger charge is 2.16. The number of methoxy groups -OCH3 is 1. The van der Waals surface area contributed by atoms with E-state index in [0.29, 0.717) is 16.7 Å². The van der Waals surface area contributed by atoms with Gasteiger partial charge in [-0.3, -0.25) is 0 Å². The summed E-state index contributed by atoms with van der Waals surface area (Å²) in [7, 11) is 1.67. The summed E-state index contributed by atoms with van der Waals surface area (Å²) < 4.78 is 5.19. The Bertz CT molecular complexity index is 311. The largest absolute Gasteiger partial charge is 0.383 e. The molecule has 0 radical (unpaired) electrons. The van der Waals surface area contributed by atoms with Crippen LogP contribution in [0.25, 0.3) is 0 Å². The van der Waals surface area contributed by atoms with Gasteiger partial charge in [0.05, 0.1) is 12.6 Å². The summed E-state index contributed by atoms with van der Waals surface area (Å²) >= 11 is 12.3. The van der Waals surface area contributed by atoms with Crippen molar-refractivity contribution in [2.75, 3.05) is 20.3 Å². The Morgan fingerprint density at radius 1 is 1.31 bits per heavy atom. The molecule has 1 rings (SSSR count). The Morgan fingerprint density at radius 2 is 1.94 bits per heavy atom. The minimum absolute atomic E-state index is 0.0474. The van der Waals surface area contributed by atoms with Crippen LogP contribution >= 0.6 is 23.2 Å². The molecular formula is C12H17Cl2NO. The van der Waals surface area contributed by atoms with Gasteiger partial charge in [-0.05, 0) is 25.1 Å². The first-order valence-electron chi connectivity index (χ1n) is 5.37. The van der Waals surface area contributed by atoms with Crippen molar-refractivity contribution in [3.05, 3.63) is 33.8 Å². The van der Waals surface area contributed by atoms with E-state index in [1.165, 1.54) is 0 Å². The number of halogens is 2. The van der Waals surface area contributed by atoms with Crippen LogP contribution in [0.4, 0.5) is 0 Å². The zero-order chi connectivity index (χ0) is 12.0. The molecular weight excluding hydrogens is 245 g/mol. The van der Waals surface area contributed by atoms with Crippen molar-refractivity contribution in [2.24, 2.45) is 0 Å². The van der Waals surface area contributed by atoms with E-state index in [2.05, 4.69) is 12.2 Å². The Hall–Kier alpha value is -0.280. The molecule has 0 saturated heterocycles. The fourth-order valence-corrected chi connectivity index (χ4v) is 2.23. The highest BCUT2D eigenvalue weighted by atomic mass is 35.5. The van der Waals surface area contributed by atoms with Crippen molar-refractivity contribution in [3.63, 3.8) is 0 Å². The van der Waals surface area contributed by atoms with Gasteiger partial charge >= 0.3 is 0 Å². The van der Waals surface area contributed by atoms with Gasteiger partial charge in [-0.1, -0.05) is 36.2 Å². The topological polar surface area (TPSA) is 21.3 Å².